The number of imidazole rings is 1. The van der Waals surface area contributed by atoms with E-state index in [1.165, 1.54) is 66.6 Å². The smallest absolute Gasteiger partial charge is 0.295 e. The lowest BCUT2D eigenvalue weighted by Crippen LogP contribution is -2.31. The van der Waals surface area contributed by atoms with Crippen LogP contribution in [-0.4, -0.2) is 9.13 Å². The average molecular weight is 499 g/mol. The number of nitrogens with zero attached hydrogens (tertiary/aromatic N) is 3. The summed E-state index contributed by atoms with van der Waals surface area (Å²) in [6.45, 7) is 10.3. The van der Waals surface area contributed by atoms with Crippen molar-refractivity contribution in [2.24, 2.45) is 18.9 Å². The van der Waals surface area contributed by atoms with Crippen molar-refractivity contribution in [3.8, 4) is 17.1 Å². The largest absolute Gasteiger partial charge is 0.343 e. The quantitative estimate of drug-likeness (QED) is 0.214. The van der Waals surface area contributed by atoms with Crippen LogP contribution in [0.2, 0.25) is 0 Å². The van der Waals surface area contributed by atoms with E-state index < -0.39 is 0 Å². The standard InChI is InChI=1S/C35H36N3/c1-22(2)18-25-20-26(19-23(3)4)34(32-28-14-8-9-15-29(28)36(5)33(25)32)38-31-17-11-10-16-30(31)37-21-24-12-6-7-13-27(24)35(37)38/h6-17,20,22-23H,18-19,21H2,1-5H3/q+1. The van der Waals surface area contributed by atoms with Gasteiger partial charge in [-0.25, -0.2) is 4.57 Å². The van der Waals surface area contributed by atoms with Crippen LogP contribution in [0.3, 0.4) is 0 Å². The van der Waals surface area contributed by atoms with Gasteiger partial charge in [0, 0.05) is 29.1 Å². The molecule has 7 rings (SSSR count). The monoisotopic (exact) mass is 498 g/mol. The van der Waals surface area contributed by atoms with Crippen LogP contribution in [-0.2, 0) is 26.4 Å². The van der Waals surface area contributed by atoms with Crippen molar-refractivity contribution in [1.82, 2.24) is 9.13 Å². The topological polar surface area (TPSA) is 13.7 Å². The van der Waals surface area contributed by atoms with Crippen molar-refractivity contribution < 1.29 is 4.57 Å². The van der Waals surface area contributed by atoms with Crippen molar-refractivity contribution in [1.29, 1.82) is 0 Å². The Morgan fingerprint density at radius 1 is 0.763 bits per heavy atom. The van der Waals surface area contributed by atoms with Gasteiger partial charge in [-0.05, 0) is 60.6 Å². The number of para-hydroxylation sites is 3. The minimum atomic E-state index is 0.558. The molecule has 0 saturated heterocycles. The molecule has 0 saturated carbocycles. The maximum Gasteiger partial charge on any atom is 0.295 e. The Kier molecular flexibility index (Phi) is 5.26. The minimum absolute atomic E-state index is 0.558. The normalized spacial score (nSPS) is 12.9. The van der Waals surface area contributed by atoms with Crippen LogP contribution in [0.1, 0.15) is 44.4 Å². The van der Waals surface area contributed by atoms with Crippen LogP contribution in [0.4, 0.5) is 0 Å². The van der Waals surface area contributed by atoms with E-state index >= 15 is 0 Å². The number of benzene rings is 4. The molecule has 0 amide bonds. The molecule has 0 atom stereocenters. The molecule has 190 valence electrons. The Bertz CT molecular complexity index is 1860. The van der Waals surface area contributed by atoms with E-state index in [2.05, 4.69) is 127 Å². The Morgan fingerprint density at radius 2 is 1.42 bits per heavy atom. The lowest BCUT2D eigenvalue weighted by Gasteiger charge is -2.17. The predicted molar refractivity (Wildman–Crippen MR) is 159 cm³/mol. The average Bonchev–Trinajstić information content (AvgIpc) is 3.52. The first kappa shape index (κ1) is 23.3. The van der Waals surface area contributed by atoms with E-state index in [0.29, 0.717) is 11.8 Å². The van der Waals surface area contributed by atoms with Crippen LogP contribution in [0, 0.1) is 11.8 Å². The number of aryl methyl sites for hydroxylation is 1. The highest BCUT2D eigenvalue weighted by Gasteiger charge is 2.37. The van der Waals surface area contributed by atoms with Crippen molar-refractivity contribution >= 4 is 32.8 Å². The van der Waals surface area contributed by atoms with Crippen molar-refractivity contribution in [3.05, 3.63) is 95.6 Å². The number of fused-ring (bicyclic) bond motifs is 8. The zero-order valence-electron chi connectivity index (χ0n) is 23.1. The molecule has 0 aliphatic carbocycles. The van der Waals surface area contributed by atoms with Crippen LogP contribution >= 0.6 is 0 Å². The van der Waals surface area contributed by atoms with Gasteiger partial charge in [-0.1, -0.05) is 76.2 Å². The summed E-state index contributed by atoms with van der Waals surface area (Å²) in [7, 11) is 2.25. The molecule has 0 N–H and O–H groups in total. The highest BCUT2D eigenvalue weighted by atomic mass is 15.2. The van der Waals surface area contributed by atoms with Gasteiger partial charge < -0.3 is 4.57 Å². The van der Waals surface area contributed by atoms with Crippen molar-refractivity contribution in [2.75, 3.05) is 0 Å². The third-order valence-electron chi connectivity index (χ3n) is 8.25. The lowest BCUT2D eigenvalue weighted by molar-refractivity contribution is -0.645. The van der Waals surface area contributed by atoms with E-state index in [4.69, 9.17) is 0 Å². The van der Waals surface area contributed by atoms with Crippen LogP contribution < -0.4 is 4.57 Å². The molecule has 0 spiro atoms. The summed E-state index contributed by atoms with van der Waals surface area (Å²) in [5.41, 5.74) is 12.3. The zero-order valence-corrected chi connectivity index (χ0v) is 23.1. The summed E-state index contributed by atoms with van der Waals surface area (Å²) >= 11 is 0. The summed E-state index contributed by atoms with van der Waals surface area (Å²) in [6, 6.07) is 29.4. The number of aromatic nitrogens is 3. The molecule has 3 heteroatoms. The number of hydrogen-bond acceptors (Lipinski definition) is 0. The summed E-state index contributed by atoms with van der Waals surface area (Å²) in [5.74, 6) is 2.45. The molecule has 38 heavy (non-hydrogen) atoms. The predicted octanol–water partition coefficient (Wildman–Crippen LogP) is 7.99. The van der Waals surface area contributed by atoms with Gasteiger partial charge in [-0.15, -0.1) is 0 Å². The molecule has 0 radical (unpaired) electrons. The fourth-order valence-electron chi connectivity index (χ4n) is 6.89. The van der Waals surface area contributed by atoms with E-state index in [0.717, 1.165) is 19.4 Å². The molecule has 1 aliphatic rings. The van der Waals surface area contributed by atoms with Gasteiger partial charge in [0.15, 0.2) is 11.0 Å². The zero-order chi connectivity index (χ0) is 26.1. The SMILES string of the molecule is CC(C)Cc1cc(CC(C)C)c2c(c1-n1c3[n+](c4ccccc41)Cc1ccccc1-3)c1ccccc1n2C. The molecule has 3 heterocycles. The van der Waals surface area contributed by atoms with Gasteiger partial charge >= 0.3 is 0 Å². The summed E-state index contributed by atoms with van der Waals surface area (Å²) in [5, 5.41) is 2.74. The molecule has 2 aromatic heterocycles. The molecule has 3 nitrogen and oxygen atoms in total. The van der Waals surface area contributed by atoms with Crippen molar-refractivity contribution in [3.63, 3.8) is 0 Å². The third-order valence-corrected chi connectivity index (χ3v) is 8.25. The fourth-order valence-corrected chi connectivity index (χ4v) is 6.89. The second-order valence-electron chi connectivity index (χ2n) is 11.9. The lowest BCUT2D eigenvalue weighted by atomic mass is 9.91. The first-order valence-corrected chi connectivity index (χ1v) is 14.1. The van der Waals surface area contributed by atoms with E-state index in [9.17, 15) is 0 Å². The van der Waals surface area contributed by atoms with Gasteiger partial charge in [-0.2, -0.15) is 4.57 Å². The molecule has 4 aromatic carbocycles. The Balaban J connectivity index is 1.71. The van der Waals surface area contributed by atoms with Gasteiger partial charge in [0.05, 0.1) is 16.5 Å². The maximum absolute atomic E-state index is 2.60. The molecular weight excluding hydrogens is 462 g/mol. The first-order chi connectivity index (χ1) is 18.4. The number of rotatable bonds is 5. The highest BCUT2D eigenvalue weighted by Crippen LogP contribution is 2.42. The second kappa shape index (κ2) is 8.59. The minimum Gasteiger partial charge on any atom is -0.343 e. The van der Waals surface area contributed by atoms with Crippen molar-refractivity contribution in [2.45, 2.75) is 47.1 Å². The van der Waals surface area contributed by atoms with Gasteiger partial charge in [0.25, 0.3) is 5.82 Å². The Morgan fingerprint density at radius 3 is 2.21 bits per heavy atom. The molecule has 1 aliphatic heterocycles. The summed E-state index contributed by atoms with van der Waals surface area (Å²) in [6.07, 6.45) is 2.13. The molecule has 0 bridgehead atoms. The second-order valence-corrected chi connectivity index (χ2v) is 11.9. The van der Waals surface area contributed by atoms with Gasteiger partial charge in [0.2, 0.25) is 0 Å². The van der Waals surface area contributed by atoms with E-state index in [-0.39, 0.29) is 0 Å². The van der Waals surface area contributed by atoms with Crippen LogP contribution in [0.15, 0.2) is 78.9 Å². The number of hydrogen-bond donors (Lipinski definition) is 0. The van der Waals surface area contributed by atoms with Gasteiger partial charge in [-0.3, -0.25) is 0 Å². The molecule has 6 aromatic rings. The highest BCUT2D eigenvalue weighted by molar-refractivity contribution is 6.14. The third kappa shape index (κ3) is 3.31. The van der Waals surface area contributed by atoms with E-state index in [1.807, 2.05) is 0 Å². The van der Waals surface area contributed by atoms with Crippen LogP contribution in [0.5, 0.6) is 0 Å². The van der Waals surface area contributed by atoms with Crippen LogP contribution in [0.25, 0.3) is 49.9 Å². The Hall–Kier alpha value is -3.85. The molecule has 0 fully saturated rings. The molecule has 0 unspecified atom stereocenters. The molecular formula is C35H36N3+. The Labute approximate surface area is 225 Å². The van der Waals surface area contributed by atoms with E-state index in [1.54, 1.807) is 0 Å². The summed E-state index contributed by atoms with van der Waals surface area (Å²) in [4.78, 5) is 0. The van der Waals surface area contributed by atoms with Gasteiger partial charge in [0.1, 0.15) is 12.2 Å². The maximum atomic E-state index is 2.60. The first-order valence-electron chi connectivity index (χ1n) is 14.1. The summed E-state index contributed by atoms with van der Waals surface area (Å²) < 4.78 is 7.57. The fraction of sp³-hybridized carbons (Fsp3) is 0.286.